The van der Waals surface area contributed by atoms with Gasteiger partial charge >= 0.3 is 12.1 Å². The molecule has 0 rings (SSSR count). The zero-order chi connectivity index (χ0) is 13.5. The Morgan fingerprint density at radius 2 is 1.94 bits per heavy atom. The van der Waals surface area contributed by atoms with E-state index in [9.17, 15) is 14.0 Å². The van der Waals surface area contributed by atoms with Crippen LogP contribution >= 0.6 is 0 Å². The number of carboxylic acid groups (broad SMARTS) is 1. The Kier molecular flexibility index (Phi) is 6.53. The summed E-state index contributed by atoms with van der Waals surface area (Å²) >= 11 is 0. The summed E-state index contributed by atoms with van der Waals surface area (Å²) < 4.78 is 16.8. The van der Waals surface area contributed by atoms with Gasteiger partial charge in [-0.3, -0.25) is 4.39 Å². The molecule has 0 saturated carbocycles. The van der Waals surface area contributed by atoms with Gasteiger partial charge < -0.3 is 15.2 Å². The number of aliphatic carboxylic acids is 1. The first kappa shape index (κ1) is 15.7. The number of ether oxygens (including phenoxy) is 1. The Labute approximate surface area is 100 Å². The van der Waals surface area contributed by atoms with E-state index >= 15 is 0 Å². The SMILES string of the molecule is CC(C)(C)OC(=O)N[C@@H](CCCCF)C(=O)O. The first-order valence-electron chi connectivity index (χ1n) is 5.54. The molecular weight excluding hydrogens is 229 g/mol. The van der Waals surface area contributed by atoms with Crippen LogP contribution in [0.5, 0.6) is 0 Å². The molecule has 0 radical (unpaired) electrons. The molecule has 0 aromatic carbocycles. The Balaban J connectivity index is 4.16. The van der Waals surface area contributed by atoms with E-state index in [1.54, 1.807) is 20.8 Å². The molecule has 0 aromatic rings. The average Bonchev–Trinajstić information content (AvgIpc) is 2.13. The van der Waals surface area contributed by atoms with Crippen LogP contribution in [0.4, 0.5) is 9.18 Å². The van der Waals surface area contributed by atoms with Gasteiger partial charge in [-0.2, -0.15) is 0 Å². The Hall–Kier alpha value is -1.33. The lowest BCUT2D eigenvalue weighted by Gasteiger charge is -2.21. The summed E-state index contributed by atoms with van der Waals surface area (Å²) in [6, 6.07) is -1.03. The maximum Gasteiger partial charge on any atom is 0.408 e. The molecule has 0 spiro atoms. The number of alkyl carbamates (subject to hydrolysis) is 1. The van der Waals surface area contributed by atoms with Crippen molar-refractivity contribution in [3.63, 3.8) is 0 Å². The number of nitrogens with one attached hydrogen (secondary N) is 1. The fourth-order valence-electron chi connectivity index (χ4n) is 1.15. The number of carbonyl (C=O) groups excluding carboxylic acids is 1. The third-order valence-electron chi connectivity index (χ3n) is 1.87. The van der Waals surface area contributed by atoms with Crippen molar-refractivity contribution in [1.29, 1.82) is 0 Å². The normalized spacial score (nSPS) is 12.9. The quantitative estimate of drug-likeness (QED) is 0.707. The van der Waals surface area contributed by atoms with Crippen molar-refractivity contribution < 1.29 is 23.8 Å². The molecule has 2 N–H and O–H groups in total. The molecule has 0 saturated heterocycles. The van der Waals surface area contributed by atoms with Crippen molar-refractivity contribution in [2.75, 3.05) is 6.67 Å². The molecule has 0 bridgehead atoms. The van der Waals surface area contributed by atoms with E-state index in [2.05, 4.69) is 5.32 Å². The van der Waals surface area contributed by atoms with Gasteiger partial charge in [-0.25, -0.2) is 9.59 Å². The number of carboxylic acids is 1. The first-order chi connectivity index (χ1) is 7.76. The Morgan fingerprint density at radius 1 is 1.35 bits per heavy atom. The van der Waals surface area contributed by atoms with Crippen molar-refractivity contribution >= 4 is 12.1 Å². The number of rotatable bonds is 6. The zero-order valence-electron chi connectivity index (χ0n) is 10.5. The van der Waals surface area contributed by atoms with E-state index in [4.69, 9.17) is 9.84 Å². The van der Waals surface area contributed by atoms with Crippen molar-refractivity contribution in [3.05, 3.63) is 0 Å². The highest BCUT2D eigenvalue weighted by Gasteiger charge is 2.23. The van der Waals surface area contributed by atoms with Crippen LogP contribution in [0.15, 0.2) is 0 Å². The van der Waals surface area contributed by atoms with E-state index in [1.165, 1.54) is 0 Å². The number of hydrogen-bond acceptors (Lipinski definition) is 3. The van der Waals surface area contributed by atoms with Crippen molar-refractivity contribution in [2.24, 2.45) is 0 Å². The second-order valence-corrected chi connectivity index (χ2v) is 4.72. The minimum Gasteiger partial charge on any atom is -0.480 e. The average molecular weight is 249 g/mol. The molecule has 1 amide bonds. The van der Waals surface area contributed by atoms with Crippen LogP contribution in [-0.2, 0) is 9.53 Å². The fraction of sp³-hybridized carbons (Fsp3) is 0.818. The molecule has 0 aliphatic rings. The van der Waals surface area contributed by atoms with Crippen LogP contribution in [-0.4, -0.2) is 35.5 Å². The molecule has 17 heavy (non-hydrogen) atoms. The van der Waals surface area contributed by atoms with Crippen molar-refractivity contribution in [3.8, 4) is 0 Å². The zero-order valence-corrected chi connectivity index (χ0v) is 10.5. The van der Waals surface area contributed by atoms with Crippen LogP contribution in [0.3, 0.4) is 0 Å². The second kappa shape index (κ2) is 7.09. The van der Waals surface area contributed by atoms with Gasteiger partial charge in [0.1, 0.15) is 11.6 Å². The van der Waals surface area contributed by atoms with Crippen molar-refractivity contribution in [1.82, 2.24) is 5.32 Å². The Bertz CT molecular complexity index is 263. The summed E-state index contributed by atoms with van der Waals surface area (Å²) in [6.45, 7) is 4.57. The summed E-state index contributed by atoms with van der Waals surface area (Å²) in [5, 5.41) is 11.1. The van der Waals surface area contributed by atoms with Crippen LogP contribution in [0, 0.1) is 0 Å². The topological polar surface area (TPSA) is 75.6 Å². The van der Waals surface area contributed by atoms with E-state index < -0.39 is 30.4 Å². The molecule has 100 valence electrons. The Morgan fingerprint density at radius 3 is 2.35 bits per heavy atom. The maximum absolute atomic E-state index is 11.9. The molecule has 0 heterocycles. The monoisotopic (exact) mass is 249 g/mol. The molecule has 0 aliphatic heterocycles. The number of carbonyl (C=O) groups is 2. The summed E-state index contributed by atoms with van der Waals surface area (Å²) in [4.78, 5) is 22.2. The van der Waals surface area contributed by atoms with Crippen LogP contribution in [0.25, 0.3) is 0 Å². The predicted molar refractivity (Wildman–Crippen MR) is 60.6 cm³/mol. The van der Waals surface area contributed by atoms with E-state index in [0.29, 0.717) is 12.8 Å². The fourth-order valence-corrected chi connectivity index (χ4v) is 1.15. The standard InChI is InChI=1S/C11H20FNO4/c1-11(2,3)17-10(16)13-8(9(14)15)6-4-5-7-12/h8H,4-7H2,1-3H3,(H,13,16)(H,14,15)/t8-/m0/s1. The van der Waals surface area contributed by atoms with Gasteiger partial charge in [-0.1, -0.05) is 0 Å². The van der Waals surface area contributed by atoms with Gasteiger partial charge in [0.25, 0.3) is 0 Å². The number of alkyl halides is 1. The second-order valence-electron chi connectivity index (χ2n) is 4.72. The molecule has 6 heteroatoms. The van der Waals surface area contributed by atoms with Gasteiger partial charge in [-0.05, 0) is 40.0 Å². The van der Waals surface area contributed by atoms with E-state index in [-0.39, 0.29) is 6.42 Å². The summed E-state index contributed by atoms with van der Waals surface area (Å²) in [6.07, 6.45) is 0.117. The minimum absolute atomic E-state index is 0.193. The number of halogens is 1. The first-order valence-corrected chi connectivity index (χ1v) is 5.54. The third kappa shape index (κ3) is 8.47. The molecule has 0 aliphatic carbocycles. The largest absolute Gasteiger partial charge is 0.480 e. The van der Waals surface area contributed by atoms with Gasteiger partial charge in [0, 0.05) is 0 Å². The van der Waals surface area contributed by atoms with Gasteiger partial charge in [-0.15, -0.1) is 0 Å². The summed E-state index contributed by atoms with van der Waals surface area (Å²) in [5.74, 6) is -1.14. The third-order valence-corrected chi connectivity index (χ3v) is 1.87. The highest BCUT2D eigenvalue weighted by atomic mass is 19.1. The van der Waals surface area contributed by atoms with Gasteiger partial charge in [0.05, 0.1) is 6.67 Å². The lowest BCUT2D eigenvalue weighted by Crippen LogP contribution is -2.43. The molecular formula is C11H20FNO4. The van der Waals surface area contributed by atoms with E-state index in [1.807, 2.05) is 0 Å². The smallest absolute Gasteiger partial charge is 0.408 e. The van der Waals surface area contributed by atoms with Crippen LogP contribution in [0.2, 0.25) is 0 Å². The predicted octanol–water partition coefficient (Wildman–Crippen LogP) is 2.10. The lowest BCUT2D eigenvalue weighted by molar-refractivity contribution is -0.139. The maximum atomic E-state index is 11.9. The summed E-state index contributed by atoms with van der Waals surface area (Å²) in [5.41, 5.74) is -0.675. The molecule has 0 unspecified atom stereocenters. The van der Waals surface area contributed by atoms with E-state index in [0.717, 1.165) is 0 Å². The van der Waals surface area contributed by atoms with Gasteiger partial charge in [0.2, 0.25) is 0 Å². The number of amides is 1. The minimum atomic E-state index is -1.14. The molecule has 1 atom stereocenters. The van der Waals surface area contributed by atoms with Gasteiger partial charge in [0.15, 0.2) is 0 Å². The molecule has 5 nitrogen and oxygen atoms in total. The number of hydrogen-bond donors (Lipinski definition) is 2. The lowest BCUT2D eigenvalue weighted by atomic mass is 10.1. The summed E-state index contributed by atoms with van der Waals surface area (Å²) in [7, 11) is 0. The molecule has 0 aromatic heterocycles. The molecule has 0 fully saturated rings. The van der Waals surface area contributed by atoms with Crippen LogP contribution < -0.4 is 5.32 Å². The number of unbranched alkanes of at least 4 members (excludes halogenated alkanes) is 1. The highest BCUT2D eigenvalue weighted by molar-refractivity contribution is 5.79. The highest BCUT2D eigenvalue weighted by Crippen LogP contribution is 2.08. The van der Waals surface area contributed by atoms with Crippen LogP contribution in [0.1, 0.15) is 40.0 Å². The van der Waals surface area contributed by atoms with Crippen molar-refractivity contribution in [2.45, 2.75) is 51.7 Å².